The predicted molar refractivity (Wildman–Crippen MR) is 95.6 cm³/mol. The van der Waals surface area contributed by atoms with E-state index in [-0.39, 0.29) is 16.1 Å². The zero-order valence-electron chi connectivity index (χ0n) is 12.4. The Hall–Kier alpha value is -2.32. The minimum absolute atomic E-state index is 0.193. The van der Waals surface area contributed by atoms with Gasteiger partial charge in [-0.1, -0.05) is 0 Å². The first-order valence-electron chi connectivity index (χ1n) is 6.85. The second-order valence-corrected chi connectivity index (χ2v) is 6.66. The lowest BCUT2D eigenvalue weighted by molar-refractivity contribution is -0.114. The van der Waals surface area contributed by atoms with Gasteiger partial charge in [0.2, 0.25) is 5.91 Å². The lowest BCUT2D eigenvalue weighted by atomic mass is 10.2. The molecule has 0 atom stereocenters. The largest absolute Gasteiger partial charge is 0.450 e. The number of amides is 3. The average Bonchev–Trinajstić information content (AvgIpc) is 3.04. The normalized spacial score (nSPS) is 16.1. The number of nitrogens with zero attached hydrogens (tertiary/aromatic N) is 1. The number of carbonyl (C=O) groups is 3. The summed E-state index contributed by atoms with van der Waals surface area (Å²) in [5.41, 5.74) is 1.03. The summed E-state index contributed by atoms with van der Waals surface area (Å²) >= 11 is 4.03. The zero-order chi connectivity index (χ0) is 17.3. The molecule has 2 heterocycles. The van der Waals surface area contributed by atoms with E-state index >= 15 is 0 Å². The fraction of sp³-hybridized carbons (Fsp3) is 0.0625. The Morgan fingerprint density at radius 1 is 1.21 bits per heavy atom. The molecule has 8 heteroatoms. The van der Waals surface area contributed by atoms with E-state index in [4.69, 9.17) is 4.42 Å². The van der Waals surface area contributed by atoms with Gasteiger partial charge in [-0.3, -0.25) is 14.4 Å². The quantitative estimate of drug-likeness (QED) is 0.770. The molecule has 1 aliphatic heterocycles. The van der Waals surface area contributed by atoms with Crippen molar-refractivity contribution in [1.82, 2.24) is 0 Å². The van der Waals surface area contributed by atoms with E-state index in [0.29, 0.717) is 21.8 Å². The van der Waals surface area contributed by atoms with E-state index in [0.717, 1.165) is 16.7 Å². The molecule has 0 spiro atoms. The molecule has 0 unspecified atom stereocenters. The van der Waals surface area contributed by atoms with Crippen LogP contribution in [0, 0.1) is 0 Å². The monoisotopic (exact) mass is 406 g/mol. The number of rotatable bonds is 3. The second kappa shape index (κ2) is 6.66. The van der Waals surface area contributed by atoms with Gasteiger partial charge in [0.1, 0.15) is 5.76 Å². The van der Waals surface area contributed by atoms with Gasteiger partial charge in [-0.2, -0.15) is 0 Å². The van der Waals surface area contributed by atoms with Crippen LogP contribution < -0.4 is 10.2 Å². The molecule has 2 aromatic rings. The third kappa shape index (κ3) is 3.44. The number of nitrogens with one attached hydrogen (secondary N) is 1. The van der Waals surface area contributed by atoms with Gasteiger partial charge in [-0.25, -0.2) is 4.90 Å². The van der Waals surface area contributed by atoms with Crippen LogP contribution in [0.4, 0.5) is 16.2 Å². The number of halogens is 1. The maximum atomic E-state index is 12.5. The number of imide groups is 1. The van der Waals surface area contributed by atoms with Crippen LogP contribution in [0.25, 0.3) is 6.08 Å². The van der Waals surface area contributed by atoms with Crippen LogP contribution in [0.1, 0.15) is 12.7 Å². The van der Waals surface area contributed by atoms with E-state index in [9.17, 15) is 14.4 Å². The third-order valence-electron chi connectivity index (χ3n) is 3.11. The van der Waals surface area contributed by atoms with E-state index in [1.165, 1.54) is 13.0 Å². The Morgan fingerprint density at radius 3 is 2.50 bits per heavy atom. The standard InChI is InChI=1S/C16H11BrN2O4S/c1-9(20)18-10-2-4-11(5-3-10)19-15(21)13(24-16(19)22)8-12-6-7-14(17)23-12/h2-8H,1H3,(H,18,20)/b13-8+. The molecule has 0 saturated carbocycles. The van der Waals surface area contributed by atoms with Crippen molar-refractivity contribution >= 4 is 62.2 Å². The fourth-order valence-corrected chi connectivity index (χ4v) is 3.26. The highest BCUT2D eigenvalue weighted by molar-refractivity contribution is 9.10. The molecule has 1 saturated heterocycles. The Labute approximate surface area is 150 Å². The zero-order valence-corrected chi connectivity index (χ0v) is 14.8. The fourth-order valence-electron chi connectivity index (χ4n) is 2.12. The van der Waals surface area contributed by atoms with Gasteiger partial charge < -0.3 is 9.73 Å². The summed E-state index contributed by atoms with van der Waals surface area (Å²) < 4.78 is 5.87. The van der Waals surface area contributed by atoms with Gasteiger partial charge in [0, 0.05) is 18.7 Å². The summed E-state index contributed by atoms with van der Waals surface area (Å²) in [7, 11) is 0. The average molecular weight is 407 g/mol. The molecule has 1 aromatic heterocycles. The van der Waals surface area contributed by atoms with E-state index in [1.54, 1.807) is 36.4 Å². The molecule has 3 amide bonds. The van der Waals surface area contributed by atoms with Gasteiger partial charge in [-0.15, -0.1) is 0 Å². The lowest BCUT2D eigenvalue weighted by Crippen LogP contribution is -2.27. The molecule has 1 fully saturated rings. The Bertz CT molecular complexity index is 857. The van der Waals surface area contributed by atoms with Gasteiger partial charge in [0.25, 0.3) is 11.1 Å². The van der Waals surface area contributed by atoms with Crippen molar-refractivity contribution in [1.29, 1.82) is 0 Å². The number of furan rings is 1. The van der Waals surface area contributed by atoms with Crippen molar-refractivity contribution < 1.29 is 18.8 Å². The maximum absolute atomic E-state index is 12.5. The highest BCUT2D eigenvalue weighted by Gasteiger charge is 2.36. The minimum Gasteiger partial charge on any atom is -0.450 e. The first-order valence-corrected chi connectivity index (χ1v) is 8.46. The van der Waals surface area contributed by atoms with E-state index in [2.05, 4.69) is 21.2 Å². The molecule has 1 aliphatic rings. The number of hydrogen-bond donors (Lipinski definition) is 1. The highest BCUT2D eigenvalue weighted by Crippen LogP contribution is 2.36. The Kier molecular flexibility index (Phi) is 4.59. The van der Waals surface area contributed by atoms with Gasteiger partial charge >= 0.3 is 0 Å². The van der Waals surface area contributed by atoms with Crippen molar-refractivity contribution in [3.05, 3.63) is 51.7 Å². The number of hydrogen-bond acceptors (Lipinski definition) is 5. The Morgan fingerprint density at radius 2 is 1.92 bits per heavy atom. The van der Waals surface area contributed by atoms with Gasteiger partial charge in [0.05, 0.1) is 10.6 Å². The van der Waals surface area contributed by atoms with Crippen LogP contribution in [0.2, 0.25) is 0 Å². The maximum Gasteiger partial charge on any atom is 0.298 e. The molecule has 0 radical (unpaired) electrons. The number of anilines is 2. The van der Waals surface area contributed by atoms with Crippen LogP contribution in [0.3, 0.4) is 0 Å². The third-order valence-corrected chi connectivity index (χ3v) is 4.40. The van der Waals surface area contributed by atoms with Crippen molar-refractivity contribution in [2.24, 2.45) is 0 Å². The van der Waals surface area contributed by atoms with Crippen LogP contribution in [0.15, 0.2) is 50.4 Å². The molecule has 6 nitrogen and oxygen atoms in total. The van der Waals surface area contributed by atoms with Crippen LogP contribution >= 0.6 is 27.7 Å². The van der Waals surface area contributed by atoms with Crippen molar-refractivity contribution in [2.75, 3.05) is 10.2 Å². The number of carbonyl (C=O) groups excluding carboxylic acids is 3. The smallest absolute Gasteiger partial charge is 0.298 e. The summed E-state index contributed by atoms with van der Waals surface area (Å²) in [6, 6.07) is 9.87. The summed E-state index contributed by atoms with van der Waals surface area (Å²) in [6.07, 6.45) is 1.53. The second-order valence-electron chi connectivity index (χ2n) is 4.89. The SMILES string of the molecule is CC(=O)Nc1ccc(N2C(=O)S/C(=C/c3ccc(Br)o3)C2=O)cc1. The Balaban J connectivity index is 1.84. The van der Waals surface area contributed by atoms with Crippen molar-refractivity contribution in [3.63, 3.8) is 0 Å². The topological polar surface area (TPSA) is 79.6 Å². The van der Waals surface area contributed by atoms with Gasteiger partial charge in [-0.05, 0) is 64.1 Å². The molecule has 122 valence electrons. The molecule has 1 aromatic carbocycles. The summed E-state index contributed by atoms with van der Waals surface area (Å²) in [4.78, 5) is 37.1. The molecular weight excluding hydrogens is 396 g/mol. The summed E-state index contributed by atoms with van der Waals surface area (Å²) in [5, 5.41) is 2.24. The van der Waals surface area contributed by atoms with Crippen LogP contribution in [0.5, 0.6) is 0 Å². The highest BCUT2D eigenvalue weighted by atomic mass is 79.9. The van der Waals surface area contributed by atoms with E-state index in [1.807, 2.05) is 0 Å². The number of benzene rings is 1. The molecule has 24 heavy (non-hydrogen) atoms. The van der Waals surface area contributed by atoms with Gasteiger partial charge in [0.15, 0.2) is 4.67 Å². The lowest BCUT2D eigenvalue weighted by Gasteiger charge is -2.13. The first kappa shape index (κ1) is 16.5. The molecule has 3 rings (SSSR count). The van der Waals surface area contributed by atoms with E-state index < -0.39 is 5.91 Å². The molecule has 0 aliphatic carbocycles. The molecular formula is C16H11BrN2O4S. The van der Waals surface area contributed by atoms with Crippen molar-refractivity contribution in [2.45, 2.75) is 6.92 Å². The molecule has 1 N–H and O–H groups in total. The summed E-state index contributed by atoms with van der Waals surface area (Å²) in [6.45, 7) is 1.40. The van der Waals surface area contributed by atoms with Crippen LogP contribution in [-0.2, 0) is 9.59 Å². The molecule has 0 bridgehead atoms. The first-order chi connectivity index (χ1) is 11.4. The summed E-state index contributed by atoms with van der Waals surface area (Å²) in [5.74, 6) is -0.125. The van der Waals surface area contributed by atoms with Crippen molar-refractivity contribution in [3.8, 4) is 0 Å². The van der Waals surface area contributed by atoms with Crippen LogP contribution in [-0.4, -0.2) is 17.1 Å². The minimum atomic E-state index is -0.412. The predicted octanol–water partition coefficient (Wildman–Crippen LogP) is 4.24. The number of thioether (sulfide) groups is 1.